The topological polar surface area (TPSA) is 88.4 Å². The van der Waals surface area contributed by atoms with Gasteiger partial charge in [-0.05, 0) is 0 Å². The van der Waals surface area contributed by atoms with Crippen LogP contribution in [0.1, 0.15) is 6.42 Å². The van der Waals surface area contributed by atoms with Crippen molar-refractivity contribution in [3.8, 4) is 0 Å². The van der Waals surface area contributed by atoms with Crippen LogP contribution in [0.4, 0.5) is 0 Å². The summed E-state index contributed by atoms with van der Waals surface area (Å²) < 4.78 is 4.20. The van der Waals surface area contributed by atoms with Crippen LogP contribution in [0.25, 0.3) is 0 Å². The van der Waals surface area contributed by atoms with Crippen molar-refractivity contribution in [1.29, 1.82) is 0 Å². The maximum atomic E-state index is 8.73. The summed E-state index contributed by atoms with van der Waals surface area (Å²) in [5.74, 6) is 0. The SMILES string of the molecule is O[B]OOCCC(O)O[B]O. The van der Waals surface area contributed by atoms with E-state index >= 15 is 0 Å². The lowest BCUT2D eigenvalue weighted by Crippen LogP contribution is -2.17. The Morgan fingerprint density at radius 1 is 1.27 bits per heavy atom. The third-order valence-corrected chi connectivity index (χ3v) is 0.777. The van der Waals surface area contributed by atoms with E-state index in [4.69, 9.17) is 15.2 Å². The van der Waals surface area contributed by atoms with Crippen molar-refractivity contribution in [2.24, 2.45) is 0 Å². The highest BCUT2D eigenvalue weighted by Gasteiger charge is 2.03. The number of hydrogen-bond donors (Lipinski definition) is 3. The van der Waals surface area contributed by atoms with E-state index in [1.165, 1.54) is 0 Å². The van der Waals surface area contributed by atoms with E-state index in [2.05, 4.69) is 14.3 Å². The van der Waals surface area contributed by atoms with Crippen LogP contribution < -0.4 is 0 Å². The molecule has 0 aliphatic rings. The van der Waals surface area contributed by atoms with Gasteiger partial charge in [-0.25, -0.2) is 4.89 Å². The van der Waals surface area contributed by atoms with Crippen molar-refractivity contribution in [1.82, 2.24) is 0 Å². The molecule has 3 N–H and O–H groups in total. The summed E-state index contributed by atoms with van der Waals surface area (Å²) in [7, 11) is 0.745. The van der Waals surface area contributed by atoms with Crippen LogP contribution in [0, 0.1) is 0 Å². The minimum Gasteiger partial charge on any atom is -0.429 e. The number of hydrogen-bond acceptors (Lipinski definition) is 6. The third-order valence-electron chi connectivity index (χ3n) is 0.777. The standard InChI is InChI=1S/C3H8B2O6/c6-3(10-4-7)1-2-9-11-5-8/h3,6-8H,1-2H2. The quantitative estimate of drug-likeness (QED) is 0.128. The fourth-order valence-electron chi connectivity index (χ4n) is 0.366. The Morgan fingerprint density at radius 2 is 2.00 bits per heavy atom. The Labute approximate surface area is 65.2 Å². The lowest BCUT2D eigenvalue weighted by molar-refractivity contribution is -0.225. The van der Waals surface area contributed by atoms with Crippen LogP contribution in [0.5, 0.6) is 0 Å². The molecule has 1 unspecified atom stereocenters. The molecular formula is C3H8B2O6. The van der Waals surface area contributed by atoms with Gasteiger partial charge < -0.3 is 19.8 Å². The Kier molecular flexibility index (Phi) is 7.91. The molecule has 62 valence electrons. The van der Waals surface area contributed by atoms with Crippen molar-refractivity contribution in [3.05, 3.63) is 0 Å². The zero-order valence-corrected chi connectivity index (χ0v) is 5.71. The first-order valence-corrected chi connectivity index (χ1v) is 2.85. The third kappa shape index (κ3) is 7.79. The molecular weight excluding hydrogens is 154 g/mol. The van der Waals surface area contributed by atoms with Gasteiger partial charge in [-0.15, -0.1) is 0 Å². The average Bonchev–Trinajstić information content (AvgIpc) is 1.99. The normalized spacial score (nSPS) is 12.6. The van der Waals surface area contributed by atoms with Crippen molar-refractivity contribution >= 4 is 15.4 Å². The number of aliphatic hydroxyl groups is 1. The van der Waals surface area contributed by atoms with Crippen LogP contribution >= 0.6 is 0 Å². The molecule has 2 radical (unpaired) electrons. The predicted molar refractivity (Wildman–Crippen MR) is 34.7 cm³/mol. The van der Waals surface area contributed by atoms with Crippen LogP contribution in [0.15, 0.2) is 0 Å². The van der Waals surface area contributed by atoms with Crippen LogP contribution in [0.2, 0.25) is 0 Å². The number of aliphatic hydroxyl groups excluding tert-OH is 1. The predicted octanol–water partition coefficient (Wildman–Crippen LogP) is -2.29. The summed E-state index contributed by atoms with van der Waals surface area (Å²) in [4.78, 5) is 8.21. The van der Waals surface area contributed by atoms with Crippen molar-refractivity contribution < 1.29 is 29.5 Å². The van der Waals surface area contributed by atoms with Gasteiger partial charge in [-0.3, -0.25) is 4.81 Å². The first kappa shape index (κ1) is 10.9. The molecule has 6 nitrogen and oxygen atoms in total. The van der Waals surface area contributed by atoms with Gasteiger partial charge in [0.05, 0.1) is 6.61 Å². The van der Waals surface area contributed by atoms with Gasteiger partial charge in [-0.2, -0.15) is 0 Å². The first-order valence-electron chi connectivity index (χ1n) is 2.85. The molecule has 0 saturated heterocycles. The number of rotatable bonds is 7. The maximum absolute atomic E-state index is 8.73. The molecule has 0 fully saturated rings. The van der Waals surface area contributed by atoms with Crippen molar-refractivity contribution in [2.45, 2.75) is 12.7 Å². The van der Waals surface area contributed by atoms with Crippen LogP contribution in [-0.4, -0.2) is 43.4 Å². The largest absolute Gasteiger partial charge is 0.521 e. The molecule has 8 heteroatoms. The van der Waals surface area contributed by atoms with Crippen LogP contribution in [0.3, 0.4) is 0 Å². The molecule has 0 rings (SSSR count). The lowest BCUT2D eigenvalue weighted by Gasteiger charge is -2.07. The van der Waals surface area contributed by atoms with E-state index in [0.717, 1.165) is 0 Å². The second-order valence-electron chi connectivity index (χ2n) is 1.51. The molecule has 0 aliphatic carbocycles. The molecule has 0 aromatic heterocycles. The Hall–Kier alpha value is -0.110. The summed E-state index contributed by atoms with van der Waals surface area (Å²) in [6, 6.07) is 0. The summed E-state index contributed by atoms with van der Waals surface area (Å²) in [6.45, 7) is 0.0338. The van der Waals surface area contributed by atoms with Crippen molar-refractivity contribution in [3.63, 3.8) is 0 Å². The molecule has 0 saturated carbocycles. The fraction of sp³-hybridized carbons (Fsp3) is 1.00. The highest BCUT2D eigenvalue weighted by molar-refractivity contribution is 6.15. The van der Waals surface area contributed by atoms with Crippen molar-refractivity contribution in [2.75, 3.05) is 6.61 Å². The lowest BCUT2D eigenvalue weighted by atomic mass is 10.3. The van der Waals surface area contributed by atoms with E-state index in [1.807, 2.05) is 0 Å². The Bertz CT molecular complexity index is 82.2. The molecule has 0 aromatic rings. The molecule has 0 bridgehead atoms. The van der Waals surface area contributed by atoms with E-state index in [9.17, 15) is 0 Å². The molecule has 0 amide bonds. The maximum Gasteiger partial charge on any atom is 0.521 e. The molecule has 0 heterocycles. The summed E-state index contributed by atoms with van der Waals surface area (Å²) >= 11 is 0. The molecule has 0 aromatic carbocycles. The van der Waals surface area contributed by atoms with Gasteiger partial charge >= 0.3 is 15.4 Å². The fourth-order valence-corrected chi connectivity index (χ4v) is 0.366. The molecule has 0 spiro atoms. The van der Waals surface area contributed by atoms with Crippen LogP contribution in [-0.2, 0) is 14.3 Å². The van der Waals surface area contributed by atoms with Gasteiger partial charge in [0.25, 0.3) is 0 Å². The minimum absolute atomic E-state index is 0.0338. The molecule has 0 aliphatic heterocycles. The minimum atomic E-state index is -1.14. The van der Waals surface area contributed by atoms with E-state index in [-0.39, 0.29) is 13.0 Å². The van der Waals surface area contributed by atoms with Gasteiger partial charge in [-0.1, -0.05) is 0 Å². The summed E-state index contributed by atoms with van der Waals surface area (Å²) in [6.07, 6.45) is -1.02. The van der Waals surface area contributed by atoms with E-state index in [1.54, 1.807) is 0 Å². The van der Waals surface area contributed by atoms with E-state index in [0.29, 0.717) is 15.4 Å². The van der Waals surface area contributed by atoms with E-state index < -0.39 is 6.29 Å². The zero-order valence-electron chi connectivity index (χ0n) is 5.71. The molecule has 11 heavy (non-hydrogen) atoms. The van der Waals surface area contributed by atoms with Gasteiger partial charge in [0.2, 0.25) is 0 Å². The second kappa shape index (κ2) is 7.99. The highest BCUT2D eigenvalue weighted by atomic mass is 17.2. The Balaban J connectivity index is 2.97. The smallest absolute Gasteiger partial charge is 0.429 e. The Morgan fingerprint density at radius 3 is 2.55 bits per heavy atom. The molecule has 1 atom stereocenters. The summed E-state index contributed by atoms with van der Waals surface area (Å²) in [5.41, 5.74) is 0. The second-order valence-corrected chi connectivity index (χ2v) is 1.51. The monoisotopic (exact) mass is 162 g/mol. The van der Waals surface area contributed by atoms with Gasteiger partial charge in [0.15, 0.2) is 0 Å². The highest BCUT2D eigenvalue weighted by Crippen LogP contribution is 1.92. The zero-order chi connectivity index (χ0) is 8.53. The van der Waals surface area contributed by atoms with Gasteiger partial charge in [0.1, 0.15) is 6.29 Å². The van der Waals surface area contributed by atoms with Gasteiger partial charge in [0, 0.05) is 6.42 Å². The summed E-state index contributed by atoms with van der Waals surface area (Å²) in [5, 5.41) is 24.7. The average molecular weight is 162 g/mol. The first-order chi connectivity index (χ1) is 5.31.